The Balaban J connectivity index is 3.35. The number of esters is 1. The van der Waals surface area contributed by atoms with E-state index in [-0.39, 0.29) is 6.61 Å². The molecule has 0 atom stereocenters. The average Bonchev–Trinajstić information content (AvgIpc) is 2.38. The summed E-state index contributed by atoms with van der Waals surface area (Å²) in [4.78, 5) is 10.8. The lowest BCUT2D eigenvalue weighted by molar-refractivity contribution is -0.275. The Bertz CT molecular complexity index is 651. The van der Waals surface area contributed by atoms with E-state index in [4.69, 9.17) is 5.26 Å². The van der Waals surface area contributed by atoms with Gasteiger partial charge >= 0.3 is 17.8 Å². The molecule has 0 saturated heterocycles. The number of benzene rings is 1. The molecule has 0 aliphatic carbocycles. The van der Waals surface area contributed by atoms with Crippen molar-refractivity contribution in [1.29, 1.82) is 5.26 Å². The van der Waals surface area contributed by atoms with E-state index in [0.29, 0.717) is 12.1 Å². The van der Waals surface area contributed by atoms with Crippen molar-refractivity contribution in [2.45, 2.75) is 30.1 Å². The number of halogens is 6. The van der Waals surface area contributed by atoms with Crippen molar-refractivity contribution in [3.05, 3.63) is 23.3 Å². The molecule has 0 heterocycles. The smallest absolute Gasteiger partial charge is 0.466 e. The van der Waals surface area contributed by atoms with Crippen molar-refractivity contribution < 1.29 is 40.6 Å². The maximum atomic E-state index is 12.5. The van der Waals surface area contributed by atoms with E-state index in [1.165, 1.54) is 13.0 Å². The van der Waals surface area contributed by atoms with Crippen molar-refractivity contribution in [3.8, 4) is 11.8 Å². The molecule has 24 heavy (non-hydrogen) atoms. The fourth-order valence-electron chi connectivity index (χ4n) is 1.62. The number of carbonyl (C=O) groups excluding carboxylic acids is 1. The Morgan fingerprint density at radius 2 is 1.88 bits per heavy atom. The van der Waals surface area contributed by atoms with E-state index in [9.17, 15) is 31.1 Å². The van der Waals surface area contributed by atoms with Gasteiger partial charge in [-0.25, -0.2) is 0 Å². The first-order valence-electron chi connectivity index (χ1n) is 6.19. The lowest BCUT2D eigenvalue weighted by Gasteiger charge is -2.16. The molecule has 0 N–H and O–H groups in total. The molecule has 0 unspecified atom stereocenters. The fourth-order valence-corrected chi connectivity index (χ4v) is 2.29. The number of nitriles is 1. The van der Waals surface area contributed by atoms with E-state index in [2.05, 4.69) is 9.47 Å². The van der Waals surface area contributed by atoms with Crippen LogP contribution in [0.25, 0.3) is 0 Å². The Labute approximate surface area is 136 Å². The van der Waals surface area contributed by atoms with Crippen LogP contribution in [0, 0.1) is 11.3 Å². The minimum atomic E-state index is -5.14. The maximum absolute atomic E-state index is 12.5. The van der Waals surface area contributed by atoms with Crippen molar-refractivity contribution in [1.82, 2.24) is 0 Å². The summed E-state index contributed by atoms with van der Waals surface area (Å²) in [5.41, 5.74) is -5.90. The van der Waals surface area contributed by atoms with Crippen LogP contribution in [0.15, 0.2) is 17.0 Å². The summed E-state index contributed by atoms with van der Waals surface area (Å²) in [6.45, 7) is 1.39. The number of nitrogens with zero attached hydrogens (tertiary/aromatic N) is 1. The highest BCUT2D eigenvalue weighted by Crippen LogP contribution is 2.41. The number of ether oxygens (including phenoxy) is 2. The van der Waals surface area contributed by atoms with E-state index in [0.717, 1.165) is 0 Å². The van der Waals surface area contributed by atoms with Gasteiger partial charge in [-0.3, -0.25) is 4.79 Å². The fraction of sp³-hybridized carbons (Fsp3) is 0.385. The normalized spacial score (nSPS) is 11.8. The van der Waals surface area contributed by atoms with Crippen molar-refractivity contribution in [2.24, 2.45) is 0 Å². The molecule has 1 aromatic carbocycles. The summed E-state index contributed by atoms with van der Waals surface area (Å²) in [6.07, 6.45) is -5.88. The highest BCUT2D eigenvalue weighted by Gasteiger charge is 2.35. The van der Waals surface area contributed by atoms with Crippen LogP contribution in [-0.4, -0.2) is 24.4 Å². The van der Waals surface area contributed by atoms with Gasteiger partial charge in [0.05, 0.1) is 18.6 Å². The predicted molar refractivity (Wildman–Crippen MR) is 70.1 cm³/mol. The molecule has 11 heteroatoms. The van der Waals surface area contributed by atoms with Crippen LogP contribution in [0.2, 0.25) is 0 Å². The Morgan fingerprint density at radius 3 is 2.33 bits per heavy atom. The predicted octanol–water partition coefficient (Wildman–Crippen LogP) is 4.17. The lowest BCUT2D eigenvalue weighted by atomic mass is 10.1. The lowest BCUT2D eigenvalue weighted by Crippen LogP contribution is -2.19. The van der Waals surface area contributed by atoms with Crippen molar-refractivity contribution in [2.75, 3.05) is 6.61 Å². The molecule has 1 aromatic rings. The van der Waals surface area contributed by atoms with Gasteiger partial charge in [0.2, 0.25) is 0 Å². The summed E-state index contributed by atoms with van der Waals surface area (Å²) in [5, 5.41) is 8.84. The molecule has 0 fully saturated rings. The zero-order valence-corrected chi connectivity index (χ0v) is 12.7. The molecule has 0 aromatic heterocycles. The third-order valence-corrected chi connectivity index (χ3v) is 3.16. The number of rotatable bonds is 5. The van der Waals surface area contributed by atoms with Crippen molar-refractivity contribution in [3.63, 3.8) is 0 Å². The largest absolute Gasteiger partial charge is 0.573 e. The van der Waals surface area contributed by atoms with Crippen LogP contribution >= 0.6 is 11.8 Å². The Morgan fingerprint density at radius 1 is 1.25 bits per heavy atom. The Hall–Kier alpha value is -2.09. The van der Waals surface area contributed by atoms with Gasteiger partial charge in [-0.1, -0.05) is 0 Å². The van der Waals surface area contributed by atoms with Gasteiger partial charge in [-0.15, -0.1) is 13.2 Å². The standard InChI is InChI=1S/C13H9F6NO3S/c1-2-22-11(21)5-7-4-10(24-13(17,18)19)8(6-20)3-9(7)23-12(14,15)16/h3-4H,2,5H2,1H3. The molecule has 132 valence electrons. The van der Waals surface area contributed by atoms with Crippen LogP contribution in [0.4, 0.5) is 26.3 Å². The second kappa shape index (κ2) is 7.65. The van der Waals surface area contributed by atoms with Crippen molar-refractivity contribution >= 4 is 17.7 Å². The zero-order valence-electron chi connectivity index (χ0n) is 11.9. The molecule has 0 bridgehead atoms. The van der Waals surface area contributed by atoms with Gasteiger partial charge < -0.3 is 9.47 Å². The van der Waals surface area contributed by atoms with Gasteiger partial charge in [0.25, 0.3) is 0 Å². The molecule has 0 aliphatic heterocycles. The van der Waals surface area contributed by atoms with Crippen LogP contribution < -0.4 is 4.74 Å². The number of carbonyl (C=O) groups is 1. The third-order valence-electron chi connectivity index (χ3n) is 2.37. The van der Waals surface area contributed by atoms with E-state index in [1.54, 1.807) is 0 Å². The quantitative estimate of drug-likeness (QED) is 0.440. The summed E-state index contributed by atoms with van der Waals surface area (Å²) < 4.78 is 83.0. The molecular formula is C13H9F6NO3S. The molecule has 0 amide bonds. The van der Waals surface area contributed by atoms with Gasteiger partial charge in [-0.2, -0.15) is 18.4 Å². The van der Waals surface area contributed by atoms with Gasteiger partial charge in [0.15, 0.2) is 0 Å². The second-order valence-corrected chi connectivity index (χ2v) is 5.25. The third kappa shape index (κ3) is 6.57. The summed E-state index contributed by atoms with van der Waals surface area (Å²) in [6, 6.07) is 2.54. The first kappa shape index (κ1) is 20.0. The molecule has 0 radical (unpaired) electrons. The molecule has 1 rings (SSSR count). The summed E-state index contributed by atoms with van der Waals surface area (Å²) in [7, 11) is 0. The van der Waals surface area contributed by atoms with Crippen LogP contribution in [0.5, 0.6) is 5.75 Å². The topological polar surface area (TPSA) is 59.3 Å². The highest BCUT2D eigenvalue weighted by atomic mass is 32.2. The molecule has 0 aliphatic rings. The molecular weight excluding hydrogens is 364 g/mol. The average molecular weight is 373 g/mol. The maximum Gasteiger partial charge on any atom is 0.573 e. The van der Waals surface area contributed by atoms with E-state index < -0.39 is 57.8 Å². The SMILES string of the molecule is CCOC(=O)Cc1cc(SC(F)(F)F)c(C#N)cc1OC(F)(F)F. The van der Waals surface area contributed by atoms with Crippen LogP contribution in [-0.2, 0) is 16.0 Å². The summed E-state index contributed by atoms with van der Waals surface area (Å²) >= 11 is -0.678. The zero-order chi connectivity index (χ0) is 18.5. The van der Waals surface area contributed by atoms with Gasteiger partial charge in [0, 0.05) is 10.5 Å². The molecule has 4 nitrogen and oxygen atoms in total. The highest BCUT2D eigenvalue weighted by molar-refractivity contribution is 8.00. The van der Waals surface area contributed by atoms with Crippen LogP contribution in [0.1, 0.15) is 18.1 Å². The first-order chi connectivity index (χ1) is 10.9. The number of alkyl halides is 6. The summed E-state index contributed by atoms with van der Waals surface area (Å²) in [5.74, 6) is -1.88. The van der Waals surface area contributed by atoms with E-state index in [1.807, 2.05) is 0 Å². The number of hydrogen-bond donors (Lipinski definition) is 0. The monoisotopic (exact) mass is 373 g/mol. The van der Waals surface area contributed by atoms with Crippen LogP contribution in [0.3, 0.4) is 0 Å². The minimum absolute atomic E-state index is 0.0608. The first-order valence-corrected chi connectivity index (χ1v) is 7.01. The second-order valence-electron chi connectivity index (χ2n) is 4.15. The van der Waals surface area contributed by atoms with E-state index >= 15 is 0 Å². The van der Waals surface area contributed by atoms with Gasteiger partial charge in [-0.05, 0) is 30.8 Å². The number of thioether (sulfide) groups is 1. The number of hydrogen-bond acceptors (Lipinski definition) is 5. The molecule has 0 spiro atoms. The van der Waals surface area contributed by atoms with Gasteiger partial charge in [0.1, 0.15) is 11.8 Å². The Kier molecular flexibility index (Phi) is 6.36. The minimum Gasteiger partial charge on any atom is -0.466 e. The molecule has 0 saturated carbocycles.